The van der Waals surface area contributed by atoms with Crippen LogP contribution in [0.2, 0.25) is 0 Å². The van der Waals surface area contributed by atoms with E-state index < -0.39 is 5.60 Å². The maximum absolute atomic E-state index is 11.0. The molecule has 2 saturated carbocycles. The molecular weight excluding hydrogens is 284 g/mol. The number of methoxy groups -OCH3 is 1. The summed E-state index contributed by atoms with van der Waals surface area (Å²) in [4.78, 5) is 0. The number of terminal acetylenes is 1. The zero-order chi connectivity index (χ0) is 16.2. The molecule has 3 aliphatic carbocycles. The number of hydrogen-bond donors (Lipinski definition) is 1. The van der Waals surface area contributed by atoms with E-state index in [0.29, 0.717) is 17.8 Å². The van der Waals surface area contributed by atoms with Gasteiger partial charge in [-0.25, -0.2) is 0 Å². The number of fused-ring (bicyclic) bond motifs is 5. The Morgan fingerprint density at radius 3 is 2.83 bits per heavy atom. The summed E-state index contributed by atoms with van der Waals surface area (Å²) in [6.45, 7) is 2.24. The molecule has 2 fully saturated rings. The number of hydrogen-bond acceptors (Lipinski definition) is 2. The Morgan fingerprint density at radius 2 is 2.09 bits per heavy atom. The van der Waals surface area contributed by atoms with Crippen LogP contribution in [0.5, 0.6) is 5.75 Å². The van der Waals surface area contributed by atoms with Crippen molar-refractivity contribution in [1.82, 2.24) is 0 Å². The van der Waals surface area contributed by atoms with Crippen LogP contribution < -0.4 is 4.74 Å². The molecule has 0 spiro atoms. The molecule has 2 heteroatoms. The SMILES string of the molecule is C#CC1(O)CC[C@H]2[C@H]3CCc4cc(OC)ccc4[C@H]3CC[C@@]21C. The molecule has 23 heavy (non-hydrogen) atoms. The van der Waals surface area contributed by atoms with Crippen molar-refractivity contribution >= 4 is 0 Å². The minimum Gasteiger partial charge on any atom is -0.497 e. The summed E-state index contributed by atoms with van der Waals surface area (Å²) in [5.41, 5.74) is 1.97. The van der Waals surface area contributed by atoms with Crippen LogP contribution in [0.4, 0.5) is 0 Å². The molecule has 0 bridgehead atoms. The molecule has 0 aliphatic heterocycles. The number of aryl methyl sites for hydroxylation is 1. The van der Waals surface area contributed by atoms with Gasteiger partial charge in [-0.2, -0.15) is 0 Å². The molecule has 0 saturated heterocycles. The van der Waals surface area contributed by atoms with E-state index in [2.05, 4.69) is 31.0 Å². The number of benzene rings is 1. The molecule has 0 radical (unpaired) electrons. The Balaban J connectivity index is 1.70. The van der Waals surface area contributed by atoms with Crippen LogP contribution in [-0.2, 0) is 6.42 Å². The summed E-state index contributed by atoms with van der Waals surface area (Å²) in [5.74, 6) is 5.56. The summed E-state index contributed by atoms with van der Waals surface area (Å²) in [6, 6.07) is 6.59. The van der Waals surface area contributed by atoms with Gasteiger partial charge in [0.15, 0.2) is 0 Å². The Labute approximate surface area is 139 Å². The second kappa shape index (κ2) is 5.02. The highest BCUT2D eigenvalue weighted by Gasteiger charge is 2.61. The van der Waals surface area contributed by atoms with E-state index in [0.717, 1.165) is 37.9 Å². The quantitative estimate of drug-likeness (QED) is 0.797. The lowest BCUT2D eigenvalue weighted by Crippen LogP contribution is -2.50. The van der Waals surface area contributed by atoms with Gasteiger partial charge in [-0.3, -0.25) is 0 Å². The van der Waals surface area contributed by atoms with E-state index in [9.17, 15) is 5.11 Å². The van der Waals surface area contributed by atoms with Gasteiger partial charge in [0, 0.05) is 5.41 Å². The van der Waals surface area contributed by atoms with Crippen molar-refractivity contribution in [2.45, 2.75) is 57.0 Å². The van der Waals surface area contributed by atoms with Crippen LogP contribution in [0.1, 0.15) is 56.1 Å². The van der Waals surface area contributed by atoms with E-state index in [1.807, 2.05) is 0 Å². The van der Waals surface area contributed by atoms with Crippen molar-refractivity contribution in [3.8, 4) is 18.1 Å². The molecule has 0 heterocycles. The minimum absolute atomic E-state index is 0.104. The second-order valence-corrected chi connectivity index (χ2v) is 7.98. The fourth-order valence-electron chi connectivity index (χ4n) is 5.94. The van der Waals surface area contributed by atoms with Crippen LogP contribution in [0, 0.1) is 29.6 Å². The average molecular weight is 310 g/mol. The molecule has 0 amide bonds. The molecule has 1 unspecified atom stereocenters. The Bertz CT molecular complexity index is 673. The van der Waals surface area contributed by atoms with Gasteiger partial charge in [0.2, 0.25) is 0 Å². The zero-order valence-corrected chi connectivity index (χ0v) is 14.1. The highest BCUT2D eigenvalue weighted by molar-refractivity contribution is 5.41. The van der Waals surface area contributed by atoms with Gasteiger partial charge in [-0.1, -0.05) is 18.9 Å². The second-order valence-electron chi connectivity index (χ2n) is 7.98. The smallest absolute Gasteiger partial charge is 0.130 e. The van der Waals surface area contributed by atoms with Gasteiger partial charge < -0.3 is 9.84 Å². The van der Waals surface area contributed by atoms with Gasteiger partial charge in [-0.05, 0) is 79.5 Å². The van der Waals surface area contributed by atoms with Crippen LogP contribution in [0.3, 0.4) is 0 Å². The van der Waals surface area contributed by atoms with E-state index in [1.165, 1.54) is 17.5 Å². The Morgan fingerprint density at radius 1 is 1.26 bits per heavy atom. The lowest BCUT2D eigenvalue weighted by Gasteiger charge is -2.52. The molecule has 3 aliphatic rings. The standard InChI is InChI=1S/C21H26O2/c1-4-21(22)12-10-19-18-7-5-14-13-15(23-3)6-8-16(14)17(18)9-11-20(19,21)2/h1,6,8,13,17-19,22H,5,7,9-12H2,2-3H3/t17-,18+,19+,20+,21?/m1/s1. The summed E-state index contributed by atoms with van der Waals surface area (Å²) in [6.07, 6.45) is 12.1. The van der Waals surface area contributed by atoms with Crippen molar-refractivity contribution < 1.29 is 9.84 Å². The first kappa shape index (κ1) is 15.1. The third-order valence-electron chi connectivity index (χ3n) is 7.32. The fourth-order valence-corrected chi connectivity index (χ4v) is 5.94. The van der Waals surface area contributed by atoms with Gasteiger partial charge in [-0.15, -0.1) is 6.42 Å². The summed E-state index contributed by atoms with van der Waals surface area (Å²) >= 11 is 0. The first-order chi connectivity index (χ1) is 11.0. The topological polar surface area (TPSA) is 29.5 Å². The van der Waals surface area contributed by atoms with Crippen LogP contribution in [0.25, 0.3) is 0 Å². The molecule has 1 aromatic rings. The van der Waals surface area contributed by atoms with Crippen molar-refractivity contribution in [2.75, 3.05) is 7.11 Å². The van der Waals surface area contributed by atoms with Gasteiger partial charge >= 0.3 is 0 Å². The summed E-state index contributed by atoms with van der Waals surface area (Å²) < 4.78 is 5.39. The van der Waals surface area contributed by atoms with Crippen LogP contribution >= 0.6 is 0 Å². The third-order valence-corrected chi connectivity index (χ3v) is 7.32. The zero-order valence-electron chi connectivity index (χ0n) is 14.1. The monoisotopic (exact) mass is 310 g/mol. The van der Waals surface area contributed by atoms with Gasteiger partial charge in [0.1, 0.15) is 11.4 Å². The summed E-state index contributed by atoms with van der Waals surface area (Å²) in [7, 11) is 1.73. The minimum atomic E-state index is -0.900. The van der Waals surface area contributed by atoms with Crippen molar-refractivity contribution in [3.63, 3.8) is 0 Å². The van der Waals surface area contributed by atoms with E-state index in [4.69, 9.17) is 11.2 Å². The molecule has 0 aromatic heterocycles. The van der Waals surface area contributed by atoms with Crippen LogP contribution in [-0.4, -0.2) is 17.8 Å². The Hall–Kier alpha value is -1.46. The van der Waals surface area contributed by atoms with Crippen LogP contribution in [0.15, 0.2) is 18.2 Å². The predicted octanol–water partition coefficient (Wildman–Crippen LogP) is 3.92. The number of ether oxygens (including phenoxy) is 1. The fraction of sp³-hybridized carbons (Fsp3) is 0.619. The maximum atomic E-state index is 11.0. The predicted molar refractivity (Wildman–Crippen MR) is 91.4 cm³/mol. The average Bonchev–Trinajstić information content (AvgIpc) is 2.86. The third kappa shape index (κ3) is 1.93. The van der Waals surface area contributed by atoms with Gasteiger partial charge in [0.25, 0.3) is 0 Å². The van der Waals surface area contributed by atoms with Gasteiger partial charge in [0.05, 0.1) is 7.11 Å². The summed E-state index contributed by atoms with van der Waals surface area (Å²) in [5, 5.41) is 11.0. The first-order valence-corrected chi connectivity index (χ1v) is 8.89. The highest BCUT2D eigenvalue weighted by Crippen LogP contribution is 2.64. The first-order valence-electron chi connectivity index (χ1n) is 8.89. The van der Waals surface area contributed by atoms with Crippen molar-refractivity contribution in [3.05, 3.63) is 29.3 Å². The molecule has 2 nitrogen and oxygen atoms in total. The molecule has 4 rings (SSSR count). The van der Waals surface area contributed by atoms with E-state index in [-0.39, 0.29) is 5.41 Å². The molecular formula is C21H26O2. The number of aliphatic hydroxyl groups is 1. The van der Waals surface area contributed by atoms with E-state index >= 15 is 0 Å². The maximum Gasteiger partial charge on any atom is 0.130 e. The van der Waals surface area contributed by atoms with E-state index in [1.54, 1.807) is 7.11 Å². The largest absolute Gasteiger partial charge is 0.497 e. The molecule has 1 N–H and O–H groups in total. The lowest BCUT2D eigenvalue weighted by atomic mass is 9.53. The Kier molecular flexibility index (Phi) is 3.29. The molecule has 122 valence electrons. The number of rotatable bonds is 1. The van der Waals surface area contributed by atoms with Crippen molar-refractivity contribution in [2.24, 2.45) is 17.3 Å². The molecule has 1 aromatic carbocycles. The normalized spacial score (nSPS) is 41.4. The van der Waals surface area contributed by atoms with Crippen molar-refractivity contribution in [1.29, 1.82) is 0 Å². The highest BCUT2D eigenvalue weighted by atomic mass is 16.5. The lowest BCUT2D eigenvalue weighted by molar-refractivity contribution is -0.0646. The molecule has 5 atom stereocenters.